The van der Waals surface area contributed by atoms with Crippen LogP contribution >= 0.6 is 0 Å². The van der Waals surface area contributed by atoms with E-state index in [1.165, 1.54) is 4.90 Å². The van der Waals surface area contributed by atoms with E-state index < -0.39 is 0 Å². The molecule has 2 aromatic carbocycles. The van der Waals surface area contributed by atoms with Crippen LogP contribution in [0.2, 0.25) is 0 Å². The highest BCUT2D eigenvalue weighted by Gasteiger charge is 2.40. The van der Waals surface area contributed by atoms with Crippen molar-refractivity contribution in [2.45, 2.75) is 39.0 Å². The molecule has 0 spiro atoms. The number of fused-ring (bicyclic) bond motifs is 1. The fourth-order valence-corrected chi connectivity index (χ4v) is 4.94. The van der Waals surface area contributed by atoms with Crippen molar-refractivity contribution in [3.05, 3.63) is 87.5 Å². The number of nitrogens with zero attached hydrogens (tertiary/aromatic N) is 3. The van der Waals surface area contributed by atoms with Crippen LogP contribution in [0.1, 0.15) is 38.4 Å². The van der Waals surface area contributed by atoms with Gasteiger partial charge >= 0.3 is 0 Å². The third-order valence-corrected chi connectivity index (χ3v) is 6.62. The molecule has 0 atom stereocenters. The SMILES string of the molecule is CCCC1=CCCC2=C1C(=O)N(CCc1nc3ccccc3c(=O)n1-c1ccc(OC)cc1)C2=O. The zero-order valence-electron chi connectivity index (χ0n) is 19.9. The van der Waals surface area contributed by atoms with Crippen molar-refractivity contribution in [1.29, 1.82) is 0 Å². The Morgan fingerprint density at radius 3 is 2.49 bits per heavy atom. The van der Waals surface area contributed by atoms with E-state index in [-0.39, 0.29) is 30.3 Å². The number of methoxy groups -OCH3 is 1. The minimum atomic E-state index is -0.233. The van der Waals surface area contributed by atoms with E-state index in [2.05, 4.69) is 13.0 Å². The predicted octanol–water partition coefficient (Wildman–Crippen LogP) is 4.12. The van der Waals surface area contributed by atoms with Gasteiger partial charge < -0.3 is 4.74 Å². The second kappa shape index (κ2) is 9.33. The van der Waals surface area contributed by atoms with E-state index in [9.17, 15) is 14.4 Å². The number of aromatic nitrogens is 2. The fourth-order valence-electron chi connectivity index (χ4n) is 4.94. The summed E-state index contributed by atoms with van der Waals surface area (Å²) in [6, 6.07) is 14.4. The van der Waals surface area contributed by atoms with Crippen LogP contribution in [-0.2, 0) is 16.0 Å². The molecule has 0 unspecified atom stereocenters. The number of rotatable bonds is 7. The van der Waals surface area contributed by atoms with E-state index >= 15 is 0 Å². The van der Waals surface area contributed by atoms with Crippen molar-refractivity contribution in [3.63, 3.8) is 0 Å². The molecule has 3 aromatic rings. The first-order valence-electron chi connectivity index (χ1n) is 12.0. The molecule has 0 radical (unpaired) electrons. The van der Waals surface area contributed by atoms with Gasteiger partial charge in [-0.15, -0.1) is 0 Å². The molecule has 0 bridgehead atoms. The van der Waals surface area contributed by atoms with Crippen LogP contribution < -0.4 is 10.3 Å². The lowest BCUT2D eigenvalue weighted by atomic mass is 9.90. The van der Waals surface area contributed by atoms with Gasteiger partial charge in [0.05, 0.1) is 29.3 Å². The average molecular weight is 470 g/mol. The van der Waals surface area contributed by atoms with Crippen molar-refractivity contribution in [3.8, 4) is 11.4 Å². The molecule has 0 saturated heterocycles. The van der Waals surface area contributed by atoms with E-state index in [4.69, 9.17) is 9.72 Å². The number of amides is 2. The summed E-state index contributed by atoms with van der Waals surface area (Å²) in [4.78, 5) is 46.0. The molecule has 0 fully saturated rings. The van der Waals surface area contributed by atoms with Crippen LogP contribution in [0.4, 0.5) is 0 Å². The second-order valence-electron chi connectivity index (χ2n) is 8.77. The molecule has 178 valence electrons. The number of hydrogen-bond acceptors (Lipinski definition) is 5. The molecular weight excluding hydrogens is 442 g/mol. The van der Waals surface area contributed by atoms with Crippen LogP contribution in [-0.4, -0.2) is 39.9 Å². The topological polar surface area (TPSA) is 81.5 Å². The maximum Gasteiger partial charge on any atom is 0.265 e. The maximum absolute atomic E-state index is 13.5. The molecule has 1 aliphatic carbocycles. The third-order valence-electron chi connectivity index (χ3n) is 6.62. The van der Waals surface area contributed by atoms with Crippen molar-refractivity contribution >= 4 is 22.7 Å². The molecule has 2 aliphatic rings. The Hall–Kier alpha value is -4.00. The van der Waals surface area contributed by atoms with E-state index in [1.807, 2.05) is 12.1 Å². The van der Waals surface area contributed by atoms with Crippen LogP contribution in [0.15, 0.2) is 76.1 Å². The Morgan fingerprint density at radius 2 is 1.74 bits per heavy atom. The van der Waals surface area contributed by atoms with Crippen molar-refractivity contribution in [2.24, 2.45) is 0 Å². The number of allylic oxidation sites excluding steroid dienone is 1. The van der Waals surface area contributed by atoms with Crippen molar-refractivity contribution < 1.29 is 14.3 Å². The zero-order valence-corrected chi connectivity index (χ0v) is 19.9. The summed E-state index contributed by atoms with van der Waals surface area (Å²) in [7, 11) is 1.59. The van der Waals surface area contributed by atoms with Crippen molar-refractivity contribution in [2.75, 3.05) is 13.7 Å². The Morgan fingerprint density at radius 1 is 0.971 bits per heavy atom. The van der Waals surface area contributed by atoms with Gasteiger partial charge in [0, 0.05) is 18.5 Å². The van der Waals surface area contributed by atoms with Crippen LogP contribution in [0, 0.1) is 0 Å². The Labute approximate surface area is 203 Å². The van der Waals surface area contributed by atoms with Gasteiger partial charge in [-0.25, -0.2) is 4.98 Å². The Balaban J connectivity index is 1.50. The number of carbonyl (C=O) groups excluding carboxylic acids is 2. The third kappa shape index (κ3) is 3.97. The molecule has 0 N–H and O–H groups in total. The lowest BCUT2D eigenvalue weighted by Crippen LogP contribution is -2.35. The van der Waals surface area contributed by atoms with Crippen LogP contribution in [0.3, 0.4) is 0 Å². The molecule has 2 amide bonds. The molecule has 1 aliphatic heterocycles. The Kier molecular flexibility index (Phi) is 6.07. The van der Waals surface area contributed by atoms with E-state index in [1.54, 1.807) is 48.1 Å². The molecule has 35 heavy (non-hydrogen) atoms. The monoisotopic (exact) mass is 469 g/mol. The quantitative estimate of drug-likeness (QED) is 0.486. The molecule has 5 rings (SSSR count). The molecule has 7 nitrogen and oxygen atoms in total. The summed E-state index contributed by atoms with van der Waals surface area (Å²) >= 11 is 0. The smallest absolute Gasteiger partial charge is 0.265 e. The summed E-state index contributed by atoms with van der Waals surface area (Å²) in [6.45, 7) is 2.23. The number of ether oxygens (including phenoxy) is 1. The first-order valence-corrected chi connectivity index (χ1v) is 12.0. The minimum absolute atomic E-state index is 0.158. The van der Waals surface area contributed by atoms with Gasteiger partial charge in [0.25, 0.3) is 17.4 Å². The normalized spacial score (nSPS) is 15.6. The average Bonchev–Trinajstić information content (AvgIpc) is 3.13. The highest BCUT2D eigenvalue weighted by molar-refractivity contribution is 6.21. The standard InChI is InChI=1S/C28H27N3O4/c1-3-7-18-8-6-10-22-25(18)28(34)30(26(22)32)17-16-24-29-23-11-5-4-9-21(23)27(33)31(24)19-12-14-20(35-2)15-13-19/h4-5,8-9,11-15H,3,6-7,10,16-17H2,1-2H3. The van der Waals surface area contributed by atoms with Gasteiger partial charge in [0.15, 0.2) is 0 Å². The van der Waals surface area contributed by atoms with Gasteiger partial charge in [0.2, 0.25) is 0 Å². The number of carbonyl (C=O) groups is 2. The van der Waals surface area contributed by atoms with Crippen molar-refractivity contribution in [1.82, 2.24) is 14.5 Å². The van der Waals surface area contributed by atoms with Gasteiger partial charge in [-0.1, -0.05) is 31.6 Å². The lowest BCUT2D eigenvalue weighted by molar-refractivity contribution is -0.137. The summed E-state index contributed by atoms with van der Waals surface area (Å²) in [6.07, 6.45) is 5.42. The van der Waals surface area contributed by atoms with Crippen LogP contribution in [0.25, 0.3) is 16.6 Å². The van der Waals surface area contributed by atoms with E-state index in [0.29, 0.717) is 45.7 Å². The summed E-state index contributed by atoms with van der Waals surface area (Å²) in [5.74, 6) is 0.723. The maximum atomic E-state index is 13.5. The first-order chi connectivity index (χ1) is 17.0. The summed E-state index contributed by atoms with van der Waals surface area (Å²) in [5, 5.41) is 0.506. The second-order valence-corrected chi connectivity index (χ2v) is 8.77. The molecule has 2 heterocycles. The summed E-state index contributed by atoms with van der Waals surface area (Å²) in [5.41, 5.74) is 3.23. The zero-order chi connectivity index (χ0) is 24.5. The summed E-state index contributed by atoms with van der Waals surface area (Å²) < 4.78 is 6.81. The van der Waals surface area contributed by atoms with Gasteiger partial charge in [-0.2, -0.15) is 0 Å². The molecular formula is C28H27N3O4. The molecule has 0 saturated carbocycles. The number of imide groups is 1. The Bertz CT molecular complexity index is 1450. The van der Waals surface area contributed by atoms with Gasteiger partial charge in [-0.05, 0) is 61.2 Å². The largest absolute Gasteiger partial charge is 0.497 e. The minimum Gasteiger partial charge on any atom is -0.497 e. The molecule has 1 aromatic heterocycles. The number of hydrogen-bond donors (Lipinski definition) is 0. The number of para-hydroxylation sites is 1. The lowest BCUT2D eigenvalue weighted by Gasteiger charge is -2.18. The van der Waals surface area contributed by atoms with Gasteiger partial charge in [-0.3, -0.25) is 23.9 Å². The highest BCUT2D eigenvalue weighted by Crippen LogP contribution is 2.35. The number of benzene rings is 2. The van der Waals surface area contributed by atoms with Gasteiger partial charge in [0.1, 0.15) is 11.6 Å². The molecule has 7 heteroatoms. The fraction of sp³-hybridized carbons (Fsp3) is 0.286. The first kappa shape index (κ1) is 22.8. The predicted molar refractivity (Wildman–Crippen MR) is 134 cm³/mol. The van der Waals surface area contributed by atoms with Crippen LogP contribution in [0.5, 0.6) is 5.75 Å². The highest BCUT2D eigenvalue weighted by atomic mass is 16.5. The van der Waals surface area contributed by atoms with E-state index in [0.717, 1.165) is 24.8 Å².